The predicted octanol–water partition coefficient (Wildman–Crippen LogP) is 6.25. The van der Waals surface area contributed by atoms with Crippen LogP contribution in [0.25, 0.3) is 11.1 Å². The highest BCUT2D eigenvalue weighted by molar-refractivity contribution is 6.22. The molecule has 1 aromatic carbocycles. The second kappa shape index (κ2) is 11.8. The Labute approximate surface area is 205 Å². The van der Waals surface area contributed by atoms with Gasteiger partial charge in [-0.1, -0.05) is 58.0 Å². The van der Waals surface area contributed by atoms with Gasteiger partial charge < -0.3 is 4.90 Å². The SMILES string of the molecule is C=C(C(=O)NC(=O)N(C)C)c1cc(C)c(Cc2ccc(C)c(/C(=C\CCC)C(C)C)n2)c(C)c1. The largest absolute Gasteiger partial charge is 0.331 e. The van der Waals surface area contributed by atoms with Crippen molar-refractivity contribution in [2.24, 2.45) is 5.92 Å². The average molecular weight is 462 g/mol. The van der Waals surface area contributed by atoms with Crippen LogP contribution in [0.4, 0.5) is 4.79 Å². The number of pyridine rings is 1. The molecule has 0 aliphatic rings. The molecule has 0 fully saturated rings. The monoisotopic (exact) mass is 461 g/mol. The molecule has 34 heavy (non-hydrogen) atoms. The number of carbonyl (C=O) groups excluding carboxylic acids is 2. The minimum Gasteiger partial charge on any atom is -0.331 e. The Kier molecular flexibility index (Phi) is 9.36. The smallest absolute Gasteiger partial charge is 0.323 e. The summed E-state index contributed by atoms with van der Waals surface area (Å²) in [5.74, 6) is -0.0810. The number of rotatable bonds is 8. The molecule has 2 aromatic rings. The first kappa shape index (κ1) is 27.0. The number of imide groups is 1. The molecule has 2 rings (SSSR count). The fourth-order valence-electron chi connectivity index (χ4n) is 3.91. The fraction of sp³-hybridized carbons (Fsp3) is 0.414. The molecule has 1 heterocycles. The zero-order valence-corrected chi connectivity index (χ0v) is 22.0. The molecular formula is C29H39N3O2. The lowest BCUT2D eigenvalue weighted by Crippen LogP contribution is -2.38. The van der Waals surface area contributed by atoms with Crippen molar-refractivity contribution < 1.29 is 9.59 Å². The van der Waals surface area contributed by atoms with Gasteiger partial charge in [-0.3, -0.25) is 15.1 Å². The van der Waals surface area contributed by atoms with Crippen molar-refractivity contribution in [3.05, 3.63) is 76.1 Å². The highest BCUT2D eigenvalue weighted by atomic mass is 16.2. The minimum absolute atomic E-state index is 0.270. The summed E-state index contributed by atoms with van der Waals surface area (Å²) in [4.78, 5) is 30.7. The summed E-state index contributed by atoms with van der Waals surface area (Å²) in [6.07, 6.45) is 5.21. The van der Waals surface area contributed by atoms with Gasteiger partial charge in [0.15, 0.2) is 0 Å². The molecule has 1 aromatic heterocycles. The van der Waals surface area contributed by atoms with E-state index in [1.165, 1.54) is 21.6 Å². The van der Waals surface area contributed by atoms with Crippen LogP contribution < -0.4 is 5.32 Å². The van der Waals surface area contributed by atoms with Crippen LogP contribution in [0.3, 0.4) is 0 Å². The lowest BCUT2D eigenvalue weighted by Gasteiger charge is -2.17. The highest BCUT2D eigenvalue weighted by Crippen LogP contribution is 2.28. The van der Waals surface area contributed by atoms with Crippen LogP contribution in [-0.4, -0.2) is 35.9 Å². The maximum atomic E-state index is 12.4. The van der Waals surface area contributed by atoms with Crippen LogP contribution in [-0.2, 0) is 11.2 Å². The van der Waals surface area contributed by atoms with Crippen LogP contribution >= 0.6 is 0 Å². The van der Waals surface area contributed by atoms with Gasteiger partial charge in [0.25, 0.3) is 5.91 Å². The number of allylic oxidation sites excluding steroid dienone is 2. The molecular weight excluding hydrogens is 422 g/mol. The van der Waals surface area contributed by atoms with Gasteiger partial charge in [-0.2, -0.15) is 0 Å². The number of nitrogens with one attached hydrogen (secondary N) is 1. The molecule has 3 amide bonds. The van der Waals surface area contributed by atoms with E-state index in [1.807, 2.05) is 26.0 Å². The van der Waals surface area contributed by atoms with Gasteiger partial charge in [0.05, 0.1) is 5.69 Å². The Morgan fingerprint density at radius 3 is 2.24 bits per heavy atom. The van der Waals surface area contributed by atoms with Gasteiger partial charge in [0.2, 0.25) is 0 Å². The highest BCUT2D eigenvalue weighted by Gasteiger charge is 2.17. The molecule has 0 radical (unpaired) electrons. The zero-order chi connectivity index (χ0) is 25.6. The van der Waals surface area contributed by atoms with Crippen LogP contribution in [0.5, 0.6) is 0 Å². The number of urea groups is 1. The van der Waals surface area contributed by atoms with Crippen LogP contribution in [0.15, 0.2) is 36.9 Å². The Hall–Kier alpha value is -3.21. The van der Waals surface area contributed by atoms with Gasteiger partial charge in [-0.25, -0.2) is 4.79 Å². The first-order valence-corrected chi connectivity index (χ1v) is 11.9. The number of aromatic nitrogens is 1. The maximum absolute atomic E-state index is 12.4. The molecule has 0 saturated carbocycles. The second-order valence-electron chi connectivity index (χ2n) is 9.47. The molecule has 0 atom stereocenters. The molecule has 0 bridgehead atoms. The van der Waals surface area contributed by atoms with Gasteiger partial charge in [0, 0.05) is 31.8 Å². The number of hydrogen-bond donors (Lipinski definition) is 1. The molecule has 0 unspecified atom stereocenters. The third-order valence-electron chi connectivity index (χ3n) is 6.01. The average Bonchev–Trinajstić information content (AvgIpc) is 2.77. The van der Waals surface area contributed by atoms with Crippen molar-refractivity contribution >= 4 is 23.1 Å². The molecule has 0 saturated heterocycles. The van der Waals surface area contributed by atoms with E-state index in [0.717, 1.165) is 35.4 Å². The lowest BCUT2D eigenvalue weighted by molar-refractivity contribution is -0.114. The van der Waals surface area contributed by atoms with Crippen molar-refractivity contribution in [3.8, 4) is 0 Å². The molecule has 1 N–H and O–H groups in total. The molecule has 5 nitrogen and oxygen atoms in total. The summed E-state index contributed by atoms with van der Waals surface area (Å²) in [6.45, 7) is 16.7. The fourth-order valence-corrected chi connectivity index (χ4v) is 3.91. The number of aryl methyl sites for hydroxylation is 3. The van der Waals surface area contributed by atoms with Crippen molar-refractivity contribution in [3.63, 3.8) is 0 Å². The van der Waals surface area contributed by atoms with E-state index in [0.29, 0.717) is 17.9 Å². The predicted molar refractivity (Wildman–Crippen MR) is 142 cm³/mol. The van der Waals surface area contributed by atoms with E-state index >= 15 is 0 Å². The number of unbranched alkanes of at least 4 members (excludes halogenated alkanes) is 1. The van der Waals surface area contributed by atoms with Gasteiger partial charge in [-0.05, 0) is 72.6 Å². The number of nitrogens with zero attached hydrogens (tertiary/aromatic N) is 2. The second-order valence-corrected chi connectivity index (χ2v) is 9.47. The van der Waals surface area contributed by atoms with Gasteiger partial charge in [0.1, 0.15) is 0 Å². The van der Waals surface area contributed by atoms with E-state index in [2.05, 4.69) is 57.8 Å². The van der Waals surface area contributed by atoms with Crippen LogP contribution in [0.2, 0.25) is 0 Å². The van der Waals surface area contributed by atoms with E-state index in [1.54, 1.807) is 14.1 Å². The van der Waals surface area contributed by atoms with Crippen molar-refractivity contribution in [1.82, 2.24) is 15.2 Å². The number of carbonyl (C=O) groups is 2. The summed E-state index contributed by atoms with van der Waals surface area (Å²) in [7, 11) is 3.17. The van der Waals surface area contributed by atoms with Gasteiger partial charge >= 0.3 is 6.03 Å². The van der Waals surface area contributed by atoms with E-state index < -0.39 is 11.9 Å². The van der Waals surface area contributed by atoms with Crippen LogP contribution in [0, 0.1) is 26.7 Å². The molecule has 5 heteroatoms. The Balaban J connectivity index is 2.34. The normalized spacial score (nSPS) is 11.5. The molecule has 0 spiro atoms. The molecule has 0 aliphatic carbocycles. The quantitative estimate of drug-likeness (QED) is 0.473. The number of hydrogen-bond acceptors (Lipinski definition) is 3. The van der Waals surface area contributed by atoms with Crippen molar-refractivity contribution in [2.75, 3.05) is 14.1 Å². The zero-order valence-electron chi connectivity index (χ0n) is 22.0. The Morgan fingerprint density at radius 1 is 1.09 bits per heavy atom. The topological polar surface area (TPSA) is 62.3 Å². The van der Waals surface area contributed by atoms with Crippen molar-refractivity contribution in [2.45, 2.75) is 60.8 Å². The summed E-state index contributed by atoms with van der Waals surface area (Å²) in [6, 6.07) is 7.71. The van der Waals surface area contributed by atoms with Crippen molar-refractivity contribution in [1.29, 1.82) is 0 Å². The molecule has 0 aliphatic heterocycles. The van der Waals surface area contributed by atoms with E-state index in [-0.39, 0.29) is 5.57 Å². The first-order valence-electron chi connectivity index (χ1n) is 11.9. The third kappa shape index (κ3) is 6.66. The summed E-state index contributed by atoms with van der Waals surface area (Å²) >= 11 is 0. The summed E-state index contributed by atoms with van der Waals surface area (Å²) in [5.41, 5.74) is 8.91. The summed E-state index contributed by atoms with van der Waals surface area (Å²) < 4.78 is 0. The van der Waals surface area contributed by atoms with E-state index in [9.17, 15) is 9.59 Å². The lowest BCUT2D eigenvalue weighted by atomic mass is 9.92. The van der Waals surface area contributed by atoms with Crippen LogP contribution in [0.1, 0.15) is 72.8 Å². The minimum atomic E-state index is -0.491. The maximum Gasteiger partial charge on any atom is 0.323 e. The Morgan fingerprint density at radius 2 is 1.71 bits per heavy atom. The molecule has 182 valence electrons. The van der Waals surface area contributed by atoms with Gasteiger partial charge in [-0.15, -0.1) is 0 Å². The van der Waals surface area contributed by atoms with E-state index in [4.69, 9.17) is 4.98 Å². The third-order valence-corrected chi connectivity index (χ3v) is 6.01. The number of amides is 3. The number of benzene rings is 1. The summed E-state index contributed by atoms with van der Waals surface area (Å²) in [5, 5.41) is 2.35. The standard InChI is InChI=1S/C29H39N3O2/c1-10-11-12-25(18(2)3)27-19(4)13-14-24(30-27)17-26-20(5)15-23(16-21(26)6)22(7)28(33)31-29(34)32(8)9/h12-16,18H,7,10-11,17H2,1-6,8-9H3,(H,31,33,34)/b25-12-. The Bertz CT molecular complexity index is 1090. The first-order chi connectivity index (χ1) is 16.0.